The first-order chi connectivity index (χ1) is 14.6. The molecule has 0 bridgehead atoms. The molecule has 2 unspecified atom stereocenters. The lowest BCUT2D eigenvalue weighted by Crippen LogP contribution is -2.30. The molecule has 0 aliphatic heterocycles. The van der Waals surface area contributed by atoms with E-state index in [0.717, 1.165) is 0 Å². The van der Waals surface area contributed by atoms with Gasteiger partial charge in [0.1, 0.15) is 17.4 Å². The van der Waals surface area contributed by atoms with Gasteiger partial charge in [0.05, 0.1) is 5.02 Å². The second-order valence-corrected chi connectivity index (χ2v) is 9.05. The summed E-state index contributed by atoms with van der Waals surface area (Å²) >= 11 is 5.79. The van der Waals surface area contributed by atoms with Gasteiger partial charge >= 0.3 is 0 Å². The lowest BCUT2D eigenvalue weighted by molar-refractivity contribution is -0.128. The molecule has 1 amide bonds. The Kier molecular flexibility index (Phi) is 6.90. The van der Waals surface area contributed by atoms with E-state index >= 15 is 0 Å². The van der Waals surface area contributed by atoms with Crippen LogP contribution < -0.4 is 5.32 Å². The van der Waals surface area contributed by atoms with Crippen molar-refractivity contribution in [3.63, 3.8) is 0 Å². The van der Waals surface area contributed by atoms with Gasteiger partial charge < -0.3 is 5.32 Å². The Morgan fingerprint density at radius 1 is 1.23 bits per heavy atom. The summed E-state index contributed by atoms with van der Waals surface area (Å²) in [6.45, 7) is 8.10. The smallest absolute Gasteiger partial charge is 0.220 e. The van der Waals surface area contributed by atoms with Crippen molar-refractivity contribution in [1.29, 1.82) is 0 Å². The van der Waals surface area contributed by atoms with E-state index in [1.165, 1.54) is 12.3 Å². The maximum Gasteiger partial charge on any atom is 0.220 e. The SMILES string of the molecule is Cc1cc(-c2ncc(Cl)cc2F)cc(C)c1C1C(=O)CC(CC(=O)NCC(C)C)C1=O. The number of Topliss-reactive ketones (excluding diaryl/α,β-unsaturated/α-hetero) is 2. The van der Waals surface area contributed by atoms with Crippen molar-refractivity contribution >= 4 is 29.1 Å². The maximum atomic E-state index is 14.3. The van der Waals surface area contributed by atoms with Crippen molar-refractivity contribution in [2.24, 2.45) is 11.8 Å². The summed E-state index contributed by atoms with van der Waals surface area (Å²) in [5.41, 5.74) is 2.77. The summed E-state index contributed by atoms with van der Waals surface area (Å²) in [4.78, 5) is 42.0. The molecule has 1 saturated carbocycles. The van der Waals surface area contributed by atoms with Crippen LogP contribution in [-0.4, -0.2) is 29.0 Å². The molecule has 7 heteroatoms. The molecule has 31 heavy (non-hydrogen) atoms. The number of carbonyl (C=O) groups excluding carboxylic acids is 3. The summed E-state index contributed by atoms with van der Waals surface area (Å²) in [7, 11) is 0. The van der Waals surface area contributed by atoms with Gasteiger partial charge in [0.2, 0.25) is 5.91 Å². The second kappa shape index (κ2) is 9.27. The number of benzene rings is 1. The third-order valence-corrected chi connectivity index (χ3v) is 5.77. The standard InChI is InChI=1S/C24H26ClFN2O3/c1-12(2)10-27-20(30)8-16-7-19(29)22(24(16)31)21-13(3)5-15(6-14(21)4)23-18(26)9-17(25)11-28-23/h5-6,9,11-12,16,22H,7-8,10H2,1-4H3,(H,27,30). The minimum atomic E-state index is -0.889. The minimum Gasteiger partial charge on any atom is -0.356 e. The van der Waals surface area contributed by atoms with E-state index in [4.69, 9.17) is 11.6 Å². The quantitative estimate of drug-likeness (QED) is 0.662. The van der Waals surface area contributed by atoms with Crippen LogP contribution >= 0.6 is 11.6 Å². The molecule has 3 rings (SSSR count). The van der Waals surface area contributed by atoms with E-state index in [-0.39, 0.29) is 41.0 Å². The maximum absolute atomic E-state index is 14.3. The number of halogens is 2. The molecular weight excluding hydrogens is 419 g/mol. The van der Waals surface area contributed by atoms with Crippen molar-refractivity contribution in [3.8, 4) is 11.3 Å². The lowest BCUT2D eigenvalue weighted by atomic mass is 9.85. The number of ketones is 2. The van der Waals surface area contributed by atoms with Gasteiger partial charge in [-0.3, -0.25) is 19.4 Å². The van der Waals surface area contributed by atoms with E-state index in [1.54, 1.807) is 26.0 Å². The zero-order chi connectivity index (χ0) is 22.9. The van der Waals surface area contributed by atoms with Crippen LogP contribution in [0.25, 0.3) is 11.3 Å². The molecule has 1 aromatic heterocycles. The average molecular weight is 445 g/mol. The molecule has 0 radical (unpaired) electrons. The molecular formula is C24H26ClFN2O3. The Labute approximate surface area is 186 Å². The number of hydrogen-bond acceptors (Lipinski definition) is 4. The van der Waals surface area contributed by atoms with Crippen molar-refractivity contribution in [2.75, 3.05) is 6.54 Å². The molecule has 0 saturated heterocycles. The summed E-state index contributed by atoms with van der Waals surface area (Å²) in [6.07, 6.45) is 1.45. The van der Waals surface area contributed by atoms with Crippen LogP contribution in [0, 0.1) is 31.5 Å². The topological polar surface area (TPSA) is 76.1 Å². The van der Waals surface area contributed by atoms with E-state index in [0.29, 0.717) is 34.7 Å². The Balaban J connectivity index is 1.86. The van der Waals surface area contributed by atoms with Gasteiger partial charge in [0.15, 0.2) is 11.6 Å². The van der Waals surface area contributed by atoms with Crippen LogP contribution in [0.15, 0.2) is 24.4 Å². The fourth-order valence-corrected chi connectivity index (χ4v) is 4.28. The summed E-state index contributed by atoms with van der Waals surface area (Å²) in [5.74, 6) is -2.35. The number of carbonyl (C=O) groups is 3. The lowest BCUT2D eigenvalue weighted by Gasteiger charge is -2.17. The van der Waals surface area contributed by atoms with Crippen LogP contribution in [-0.2, 0) is 14.4 Å². The Hall–Kier alpha value is -2.60. The normalized spacial score (nSPS) is 18.7. The average Bonchev–Trinajstić information content (AvgIpc) is 2.93. The number of pyridine rings is 1. The van der Waals surface area contributed by atoms with E-state index < -0.39 is 17.7 Å². The predicted octanol–water partition coefficient (Wildman–Crippen LogP) is 4.56. The van der Waals surface area contributed by atoms with Crippen LogP contribution in [0.4, 0.5) is 4.39 Å². The highest BCUT2D eigenvalue weighted by Gasteiger charge is 2.43. The van der Waals surface area contributed by atoms with Crippen molar-refractivity contribution < 1.29 is 18.8 Å². The molecule has 1 aliphatic carbocycles. The highest BCUT2D eigenvalue weighted by atomic mass is 35.5. The zero-order valence-corrected chi connectivity index (χ0v) is 18.8. The monoisotopic (exact) mass is 444 g/mol. The Morgan fingerprint density at radius 3 is 2.45 bits per heavy atom. The molecule has 1 aliphatic rings. The fourth-order valence-electron chi connectivity index (χ4n) is 4.14. The highest BCUT2D eigenvalue weighted by molar-refractivity contribution is 6.30. The number of amides is 1. The molecule has 1 aromatic carbocycles. The predicted molar refractivity (Wildman–Crippen MR) is 117 cm³/mol. The highest BCUT2D eigenvalue weighted by Crippen LogP contribution is 2.38. The van der Waals surface area contributed by atoms with Crippen molar-refractivity contribution in [3.05, 3.63) is 51.9 Å². The van der Waals surface area contributed by atoms with Crippen molar-refractivity contribution in [2.45, 2.75) is 46.5 Å². The summed E-state index contributed by atoms with van der Waals surface area (Å²) in [5, 5.41) is 3.01. The summed E-state index contributed by atoms with van der Waals surface area (Å²) < 4.78 is 14.3. The van der Waals surface area contributed by atoms with Crippen LogP contribution in [0.2, 0.25) is 5.02 Å². The largest absolute Gasteiger partial charge is 0.356 e. The van der Waals surface area contributed by atoms with Gasteiger partial charge in [0.25, 0.3) is 0 Å². The molecule has 0 spiro atoms. The van der Waals surface area contributed by atoms with Gasteiger partial charge in [-0.25, -0.2) is 4.39 Å². The van der Waals surface area contributed by atoms with Crippen molar-refractivity contribution in [1.82, 2.24) is 10.3 Å². The first kappa shape index (κ1) is 23.1. The molecule has 1 heterocycles. The molecule has 5 nitrogen and oxygen atoms in total. The first-order valence-electron chi connectivity index (χ1n) is 10.3. The van der Waals surface area contributed by atoms with E-state index in [2.05, 4.69) is 10.3 Å². The van der Waals surface area contributed by atoms with E-state index in [9.17, 15) is 18.8 Å². The number of hydrogen-bond donors (Lipinski definition) is 1. The molecule has 2 atom stereocenters. The van der Waals surface area contributed by atoms with Gasteiger partial charge in [-0.2, -0.15) is 0 Å². The van der Waals surface area contributed by atoms with Crippen LogP contribution in [0.3, 0.4) is 0 Å². The Bertz CT molecular complexity index is 1030. The molecule has 164 valence electrons. The summed E-state index contributed by atoms with van der Waals surface area (Å²) in [6, 6.07) is 4.65. The van der Waals surface area contributed by atoms with Gasteiger partial charge in [-0.1, -0.05) is 25.4 Å². The van der Waals surface area contributed by atoms with Gasteiger partial charge in [-0.15, -0.1) is 0 Å². The van der Waals surface area contributed by atoms with Gasteiger partial charge in [0, 0.05) is 37.1 Å². The number of nitrogens with one attached hydrogen (secondary N) is 1. The molecule has 1 N–H and O–H groups in total. The zero-order valence-electron chi connectivity index (χ0n) is 18.1. The van der Waals surface area contributed by atoms with E-state index in [1.807, 2.05) is 13.8 Å². The third-order valence-electron chi connectivity index (χ3n) is 5.56. The molecule has 1 fully saturated rings. The fraction of sp³-hybridized carbons (Fsp3) is 0.417. The number of nitrogens with zero attached hydrogens (tertiary/aromatic N) is 1. The first-order valence-corrected chi connectivity index (χ1v) is 10.7. The third kappa shape index (κ3) is 5.01. The van der Waals surface area contributed by atoms with Crippen LogP contribution in [0.1, 0.15) is 49.3 Å². The minimum absolute atomic E-state index is 0.0177. The van der Waals surface area contributed by atoms with Gasteiger partial charge in [-0.05, 0) is 54.7 Å². The number of aromatic nitrogens is 1. The number of rotatable bonds is 6. The second-order valence-electron chi connectivity index (χ2n) is 8.61. The Morgan fingerprint density at radius 2 is 1.87 bits per heavy atom. The molecule has 2 aromatic rings. The van der Waals surface area contributed by atoms with Crippen LogP contribution in [0.5, 0.6) is 0 Å². The number of aryl methyl sites for hydroxylation is 2.